The fourth-order valence-electron chi connectivity index (χ4n) is 10.4. The van der Waals surface area contributed by atoms with Crippen molar-refractivity contribution in [1.82, 2.24) is 0 Å². The lowest BCUT2D eigenvalue weighted by Crippen LogP contribution is -2.57. The summed E-state index contributed by atoms with van der Waals surface area (Å²) in [4.78, 5) is 0. The molecule has 0 bridgehead atoms. The predicted octanol–water partition coefficient (Wildman–Crippen LogP) is 4.76. The molecule has 13 atom stereocenters. The fourth-order valence-corrected chi connectivity index (χ4v) is 10.4. The first-order chi connectivity index (χ1) is 14.7. The Labute approximate surface area is 188 Å². The Kier molecular flexibility index (Phi) is 4.78. The summed E-state index contributed by atoms with van der Waals surface area (Å²) in [6.07, 6.45) is 9.68. The van der Waals surface area contributed by atoms with E-state index in [1.54, 1.807) is 0 Å². The normalized spacial score (nSPS) is 63.3. The third-order valence-corrected chi connectivity index (χ3v) is 11.9. The number of aliphatic hydroxyl groups excluding tert-OH is 2. The van der Waals surface area contributed by atoms with Crippen LogP contribution in [0.2, 0.25) is 0 Å². The number of aliphatic hydroxyl groups is 2. The summed E-state index contributed by atoms with van der Waals surface area (Å²) in [5.74, 6) is 3.18. The van der Waals surface area contributed by atoms with Gasteiger partial charge in [0.1, 0.15) is 0 Å². The van der Waals surface area contributed by atoms with E-state index in [4.69, 9.17) is 9.47 Å². The number of hydrogen-bond acceptors (Lipinski definition) is 4. The Morgan fingerprint density at radius 2 is 1.61 bits per heavy atom. The molecule has 4 nitrogen and oxygen atoms in total. The quantitative estimate of drug-likeness (QED) is 0.579. The molecule has 2 heterocycles. The Morgan fingerprint density at radius 1 is 0.839 bits per heavy atom. The van der Waals surface area contributed by atoms with Crippen molar-refractivity contribution in [2.75, 3.05) is 6.61 Å². The maximum atomic E-state index is 11.8. The van der Waals surface area contributed by atoms with Gasteiger partial charge in [-0.3, -0.25) is 0 Å². The molecule has 31 heavy (non-hydrogen) atoms. The molecule has 0 aromatic rings. The van der Waals surface area contributed by atoms with Gasteiger partial charge in [-0.1, -0.05) is 27.7 Å². The maximum absolute atomic E-state index is 11.8. The highest BCUT2D eigenvalue weighted by molar-refractivity contribution is 5.18. The van der Waals surface area contributed by atoms with Gasteiger partial charge in [-0.15, -0.1) is 0 Å². The molecule has 0 unspecified atom stereocenters. The third kappa shape index (κ3) is 2.74. The van der Waals surface area contributed by atoms with Crippen molar-refractivity contribution in [3.8, 4) is 0 Å². The van der Waals surface area contributed by atoms with E-state index in [-0.39, 0.29) is 29.1 Å². The van der Waals surface area contributed by atoms with Crippen molar-refractivity contribution in [3.05, 3.63) is 0 Å². The molecule has 2 aliphatic heterocycles. The summed E-state index contributed by atoms with van der Waals surface area (Å²) in [7, 11) is 0. The van der Waals surface area contributed by atoms with Crippen LogP contribution in [0.5, 0.6) is 0 Å². The lowest BCUT2D eigenvalue weighted by Gasteiger charge is -2.61. The Balaban J connectivity index is 1.31. The summed E-state index contributed by atoms with van der Waals surface area (Å²) < 4.78 is 13.2. The molecule has 1 spiro atoms. The van der Waals surface area contributed by atoms with Crippen LogP contribution in [-0.2, 0) is 9.47 Å². The average molecular weight is 433 g/mol. The van der Waals surface area contributed by atoms with Crippen LogP contribution in [0.3, 0.4) is 0 Å². The Hall–Kier alpha value is -0.160. The Bertz CT molecular complexity index is 716. The van der Waals surface area contributed by atoms with Crippen LogP contribution in [0.1, 0.15) is 85.5 Å². The second-order valence-corrected chi connectivity index (χ2v) is 13.2. The summed E-state index contributed by atoms with van der Waals surface area (Å²) in [5, 5.41) is 22.3. The zero-order chi connectivity index (χ0) is 21.8. The highest BCUT2D eigenvalue weighted by Crippen LogP contribution is 2.71. The van der Waals surface area contributed by atoms with Gasteiger partial charge in [-0.2, -0.15) is 0 Å². The van der Waals surface area contributed by atoms with E-state index < -0.39 is 5.79 Å². The molecule has 0 amide bonds. The van der Waals surface area contributed by atoms with Gasteiger partial charge in [0.05, 0.1) is 24.9 Å². The van der Waals surface area contributed by atoms with Crippen LogP contribution in [0, 0.1) is 52.3 Å². The number of ether oxygens (including phenoxy) is 2. The van der Waals surface area contributed by atoms with Gasteiger partial charge in [0, 0.05) is 18.3 Å². The van der Waals surface area contributed by atoms with Gasteiger partial charge in [0.2, 0.25) is 0 Å². The van der Waals surface area contributed by atoms with Crippen molar-refractivity contribution in [1.29, 1.82) is 0 Å². The maximum Gasteiger partial charge on any atom is 0.171 e. The van der Waals surface area contributed by atoms with E-state index in [1.165, 1.54) is 32.1 Å². The zero-order valence-corrected chi connectivity index (χ0v) is 20.1. The van der Waals surface area contributed by atoms with Crippen molar-refractivity contribution < 1.29 is 19.7 Å². The van der Waals surface area contributed by atoms with E-state index in [0.29, 0.717) is 35.5 Å². The smallest absolute Gasteiger partial charge is 0.171 e. The van der Waals surface area contributed by atoms with Gasteiger partial charge >= 0.3 is 0 Å². The summed E-state index contributed by atoms with van der Waals surface area (Å²) in [5.41, 5.74) is 0.382. The number of fused-ring (bicyclic) bond motifs is 7. The molecule has 2 saturated heterocycles. The van der Waals surface area contributed by atoms with Crippen molar-refractivity contribution in [3.63, 3.8) is 0 Å². The zero-order valence-electron chi connectivity index (χ0n) is 20.1. The SMILES string of the molecule is C[C@H]1CC[C@@]2(OC1)O[C@H]1[C@H](O)[C@@H]3[C@H]4CC[C@@H]5CC[C@@H](O)C[C@@]5(C)[C@@H]4CC[C@@]3(C)[C@@H]1[C@@H]2C. The van der Waals surface area contributed by atoms with E-state index in [0.717, 1.165) is 38.2 Å². The first-order valence-corrected chi connectivity index (χ1v) is 13.4. The van der Waals surface area contributed by atoms with Crippen LogP contribution in [0.4, 0.5) is 0 Å². The second kappa shape index (κ2) is 6.93. The summed E-state index contributed by atoms with van der Waals surface area (Å²) in [6, 6.07) is 0. The lowest BCUT2D eigenvalue weighted by atomic mass is 9.44. The molecule has 176 valence electrons. The molecule has 4 saturated carbocycles. The second-order valence-electron chi connectivity index (χ2n) is 13.2. The van der Waals surface area contributed by atoms with Crippen molar-refractivity contribution in [2.45, 2.75) is 110 Å². The van der Waals surface area contributed by atoms with Crippen molar-refractivity contribution in [2.24, 2.45) is 52.3 Å². The first-order valence-electron chi connectivity index (χ1n) is 13.4. The van der Waals surface area contributed by atoms with E-state index in [1.807, 2.05) is 0 Å². The average Bonchev–Trinajstić information content (AvgIpc) is 3.13. The molecular weight excluding hydrogens is 388 g/mol. The first kappa shape index (κ1) is 21.4. The minimum Gasteiger partial charge on any atom is -0.393 e. The molecule has 2 N–H and O–H groups in total. The summed E-state index contributed by atoms with van der Waals surface area (Å²) >= 11 is 0. The standard InChI is InChI=1S/C27H44O4/c1-15-9-12-27(30-14-15)16(2)21-24(31-27)23(29)22-19-8-6-17-5-7-18(28)13-26(17,4)20(19)10-11-25(21,22)3/h15-24,28-29H,5-14H2,1-4H3/t15-,16-,17-,18+,19-,20+,21+,22-,23+,24+,25-,26+,27+/m0/s1. The fraction of sp³-hybridized carbons (Fsp3) is 1.00. The minimum atomic E-state index is -0.467. The van der Waals surface area contributed by atoms with E-state index in [9.17, 15) is 10.2 Å². The monoisotopic (exact) mass is 432 g/mol. The number of rotatable bonds is 0. The highest BCUT2D eigenvalue weighted by atomic mass is 16.7. The molecule has 6 fully saturated rings. The van der Waals surface area contributed by atoms with Gasteiger partial charge in [-0.25, -0.2) is 0 Å². The molecule has 6 rings (SSSR count). The molecule has 4 heteroatoms. The highest BCUT2D eigenvalue weighted by Gasteiger charge is 2.72. The molecule has 4 aliphatic carbocycles. The van der Waals surface area contributed by atoms with Crippen LogP contribution in [0.15, 0.2) is 0 Å². The van der Waals surface area contributed by atoms with E-state index >= 15 is 0 Å². The van der Waals surface area contributed by atoms with Gasteiger partial charge in [0.25, 0.3) is 0 Å². The molecule has 6 aliphatic rings. The largest absolute Gasteiger partial charge is 0.393 e. The van der Waals surface area contributed by atoms with Crippen LogP contribution in [0.25, 0.3) is 0 Å². The van der Waals surface area contributed by atoms with Crippen LogP contribution in [-0.4, -0.2) is 40.9 Å². The van der Waals surface area contributed by atoms with Gasteiger partial charge in [-0.05, 0) is 91.8 Å². The Morgan fingerprint density at radius 3 is 2.35 bits per heavy atom. The molecular formula is C27H44O4. The summed E-state index contributed by atoms with van der Waals surface area (Å²) in [6.45, 7) is 10.4. The predicted molar refractivity (Wildman–Crippen MR) is 119 cm³/mol. The molecule has 0 aromatic heterocycles. The lowest BCUT2D eigenvalue weighted by molar-refractivity contribution is -0.282. The topological polar surface area (TPSA) is 58.9 Å². The van der Waals surface area contributed by atoms with E-state index in [2.05, 4.69) is 27.7 Å². The van der Waals surface area contributed by atoms with Crippen LogP contribution >= 0.6 is 0 Å². The minimum absolute atomic E-state index is 0.0698. The van der Waals surface area contributed by atoms with Crippen molar-refractivity contribution >= 4 is 0 Å². The number of hydrogen-bond donors (Lipinski definition) is 2. The van der Waals surface area contributed by atoms with Gasteiger partial charge < -0.3 is 19.7 Å². The molecule has 0 aromatic carbocycles. The molecule has 0 radical (unpaired) electrons. The third-order valence-electron chi connectivity index (χ3n) is 11.9. The van der Waals surface area contributed by atoms with Crippen LogP contribution < -0.4 is 0 Å². The van der Waals surface area contributed by atoms with Gasteiger partial charge in [0.15, 0.2) is 5.79 Å².